The van der Waals surface area contributed by atoms with E-state index in [4.69, 9.17) is 0 Å². The van der Waals surface area contributed by atoms with Crippen LogP contribution in [0.1, 0.15) is 25.7 Å². The molecule has 2 fully saturated rings. The maximum absolute atomic E-state index is 12.3. The average Bonchev–Trinajstić information content (AvgIpc) is 2.64. The standard InChI is InChI=1S/C12H21F3N2.ClH/c13-12(14,15)6-10-3-5-17(8-10)9-11-2-1-4-16-7-11;/h10-11,16H,1-9H2;1H. The molecular weight excluding hydrogens is 265 g/mol. The predicted octanol–water partition coefficient (Wildman–Crippen LogP) is 2.68. The second-order valence-corrected chi connectivity index (χ2v) is 5.45. The van der Waals surface area contributed by atoms with Gasteiger partial charge in [0.25, 0.3) is 0 Å². The van der Waals surface area contributed by atoms with E-state index in [1.807, 2.05) is 0 Å². The van der Waals surface area contributed by atoms with E-state index in [0.29, 0.717) is 18.9 Å². The summed E-state index contributed by atoms with van der Waals surface area (Å²) in [5, 5.41) is 3.35. The van der Waals surface area contributed by atoms with E-state index in [2.05, 4.69) is 10.2 Å². The molecule has 18 heavy (non-hydrogen) atoms. The van der Waals surface area contributed by atoms with Crippen LogP contribution in [-0.4, -0.2) is 43.8 Å². The molecule has 108 valence electrons. The third kappa shape index (κ3) is 5.33. The fourth-order valence-electron chi connectivity index (χ4n) is 3.02. The lowest BCUT2D eigenvalue weighted by molar-refractivity contribution is -0.143. The zero-order valence-electron chi connectivity index (χ0n) is 10.5. The highest BCUT2D eigenvalue weighted by molar-refractivity contribution is 5.85. The average molecular weight is 287 g/mol. The third-order valence-corrected chi connectivity index (χ3v) is 3.81. The summed E-state index contributed by atoms with van der Waals surface area (Å²) in [6.07, 6.45) is -1.48. The quantitative estimate of drug-likeness (QED) is 0.858. The normalized spacial score (nSPS) is 30.2. The fraction of sp³-hybridized carbons (Fsp3) is 1.00. The predicted molar refractivity (Wildman–Crippen MR) is 68.1 cm³/mol. The minimum atomic E-state index is -3.99. The molecule has 0 aromatic carbocycles. The zero-order valence-corrected chi connectivity index (χ0v) is 11.3. The van der Waals surface area contributed by atoms with Crippen LogP contribution in [0.25, 0.3) is 0 Å². The van der Waals surface area contributed by atoms with Crippen molar-refractivity contribution in [3.05, 3.63) is 0 Å². The van der Waals surface area contributed by atoms with E-state index in [-0.39, 0.29) is 18.3 Å². The molecule has 0 spiro atoms. The van der Waals surface area contributed by atoms with Gasteiger partial charge >= 0.3 is 6.18 Å². The monoisotopic (exact) mass is 286 g/mol. The van der Waals surface area contributed by atoms with E-state index in [0.717, 1.165) is 26.2 Å². The molecule has 2 aliphatic rings. The van der Waals surface area contributed by atoms with Crippen LogP contribution in [0.5, 0.6) is 0 Å². The molecule has 2 unspecified atom stereocenters. The summed E-state index contributed by atoms with van der Waals surface area (Å²) in [6.45, 7) is 4.57. The molecule has 1 N–H and O–H groups in total. The van der Waals surface area contributed by atoms with Crippen LogP contribution in [0.15, 0.2) is 0 Å². The highest BCUT2D eigenvalue weighted by Gasteiger charge is 2.35. The molecule has 0 radical (unpaired) electrons. The largest absolute Gasteiger partial charge is 0.389 e. The summed E-state index contributed by atoms with van der Waals surface area (Å²) in [5.41, 5.74) is 0. The molecule has 0 saturated carbocycles. The van der Waals surface area contributed by atoms with Crippen LogP contribution in [0.2, 0.25) is 0 Å². The molecule has 0 amide bonds. The van der Waals surface area contributed by atoms with Crippen LogP contribution in [0, 0.1) is 11.8 Å². The Morgan fingerprint density at radius 1 is 1.17 bits per heavy atom. The Bertz CT molecular complexity index is 242. The van der Waals surface area contributed by atoms with Gasteiger partial charge in [-0.3, -0.25) is 0 Å². The highest BCUT2D eigenvalue weighted by atomic mass is 35.5. The number of likely N-dealkylation sites (tertiary alicyclic amines) is 1. The molecule has 2 rings (SSSR count). The molecule has 0 aromatic heterocycles. The molecule has 2 atom stereocenters. The van der Waals surface area contributed by atoms with Crippen LogP contribution >= 0.6 is 12.4 Å². The summed E-state index contributed by atoms with van der Waals surface area (Å²) in [7, 11) is 0. The summed E-state index contributed by atoms with van der Waals surface area (Å²) >= 11 is 0. The minimum absolute atomic E-state index is 0. The van der Waals surface area contributed by atoms with Gasteiger partial charge in [0, 0.05) is 19.5 Å². The van der Waals surface area contributed by atoms with Crippen molar-refractivity contribution in [3.8, 4) is 0 Å². The van der Waals surface area contributed by atoms with E-state index in [1.54, 1.807) is 0 Å². The molecular formula is C12H22ClF3N2. The van der Waals surface area contributed by atoms with Crippen molar-refractivity contribution >= 4 is 12.4 Å². The van der Waals surface area contributed by atoms with E-state index < -0.39 is 12.6 Å². The van der Waals surface area contributed by atoms with Gasteiger partial charge in [-0.05, 0) is 50.7 Å². The van der Waals surface area contributed by atoms with E-state index in [1.165, 1.54) is 12.8 Å². The number of rotatable bonds is 3. The van der Waals surface area contributed by atoms with Crippen LogP contribution in [0.4, 0.5) is 13.2 Å². The van der Waals surface area contributed by atoms with Crippen LogP contribution in [0.3, 0.4) is 0 Å². The van der Waals surface area contributed by atoms with Crippen molar-refractivity contribution < 1.29 is 13.2 Å². The Morgan fingerprint density at radius 2 is 1.94 bits per heavy atom. The lowest BCUT2D eigenvalue weighted by Crippen LogP contribution is -2.37. The van der Waals surface area contributed by atoms with Crippen molar-refractivity contribution in [2.45, 2.75) is 31.9 Å². The lowest BCUT2D eigenvalue weighted by atomic mass is 9.99. The summed E-state index contributed by atoms with van der Waals surface area (Å²) in [6, 6.07) is 0. The van der Waals surface area contributed by atoms with Gasteiger partial charge in [-0.25, -0.2) is 0 Å². The van der Waals surface area contributed by atoms with Crippen LogP contribution in [-0.2, 0) is 0 Å². The van der Waals surface area contributed by atoms with Gasteiger partial charge < -0.3 is 10.2 Å². The first-order valence-corrected chi connectivity index (χ1v) is 6.53. The van der Waals surface area contributed by atoms with Gasteiger partial charge in [-0.2, -0.15) is 13.2 Å². The van der Waals surface area contributed by atoms with Gasteiger partial charge in [-0.1, -0.05) is 0 Å². The molecule has 6 heteroatoms. The topological polar surface area (TPSA) is 15.3 Å². The van der Waals surface area contributed by atoms with Gasteiger partial charge in [0.2, 0.25) is 0 Å². The SMILES string of the molecule is Cl.FC(F)(F)CC1CCN(CC2CCCNC2)C1. The third-order valence-electron chi connectivity index (χ3n) is 3.81. The maximum atomic E-state index is 12.3. The lowest BCUT2D eigenvalue weighted by Gasteiger charge is -2.27. The van der Waals surface area contributed by atoms with Crippen molar-refractivity contribution in [1.29, 1.82) is 0 Å². The van der Waals surface area contributed by atoms with Crippen molar-refractivity contribution in [3.63, 3.8) is 0 Å². The highest BCUT2D eigenvalue weighted by Crippen LogP contribution is 2.30. The van der Waals surface area contributed by atoms with E-state index >= 15 is 0 Å². The van der Waals surface area contributed by atoms with Crippen molar-refractivity contribution in [1.82, 2.24) is 10.2 Å². The molecule has 2 aliphatic heterocycles. The summed E-state index contributed by atoms with van der Waals surface area (Å²) < 4.78 is 36.8. The number of nitrogens with zero attached hydrogens (tertiary/aromatic N) is 1. The molecule has 0 bridgehead atoms. The van der Waals surface area contributed by atoms with Gasteiger partial charge in [-0.15, -0.1) is 12.4 Å². The Balaban J connectivity index is 0.00000162. The molecule has 2 nitrogen and oxygen atoms in total. The molecule has 2 saturated heterocycles. The number of alkyl halides is 3. The molecule has 2 heterocycles. The molecule has 0 aromatic rings. The minimum Gasteiger partial charge on any atom is -0.316 e. The second-order valence-electron chi connectivity index (χ2n) is 5.45. The van der Waals surface area contributed by atoms with Crippen molar-refractivity contribution in [2.75, 3.05) is 32.7 Å². The number of hydrogen-bond acceptors (Lipinski definition) is 2. The number of nitrogens with one attached hydrogen (secondary N) is 1. The first-order valence-electron chi connectivity index (χ1n) is 6.53. The molecule has 0 aliphatic carbocycles. The Labute approximate surface area is 113 Å². The smallest absolute Gasteiger partial charge is 0.316 e. The number of halogens is 4. The Kier molecular flexibility index (Phi) is 6.21. The van der Waals surface area contributed by atoms with Gasteiger partial charge in [0.1, 0.15) is 0 Å². The van der Waals surface area contributed by atoms with Crippen molar-refractivity contribution in [2.24, 2.45) is 11.8 Å². The zero-order chi connectivity index (χ0) is 12.3. The van der Waals surface area contributed by atoms with Gasteiger partial charge in [0.05, 0.1) is 0 Å². The number of piperidine rings is 1. The second kappa shape index (κ2) is 6.96. The van der Waals surface area contributed by atoms with E-state index in [9.17, 15) is 13.2 Å². The first kappa shape index (κ1) is 16.1. The van der Waals surface area contributed by atoms with Crippen LogP contribution < -0.4 is 5.32 Å². The first-order chi connectivity index (χ1) is 8.03. The summed E-state index contributed by atoms with van der Waals surface area (Å²) in [4.78, 5) is 2.22. The fourth-order valence-corrected chi connectivity index (χ4v) is 3.02. The summed E-state index contributed by atoms with van der Waals surface area (Å²) in [5.74, 6) is 0.458. The number of hydrogen-bond donors (Lipinski definition) is 1. The Hall–Kier alpha value is -0.0000000000000000416. The van der Waals surface area contributed by atoms with Gasteiger partial charge in [0.15, 0.2) is 0 Å². The Morgan fingerprint density at radius 3 is 2.56 bits per heavy atom. The maximum Gasteiger partial charge on any atom is 0.389 e.